The molecule has 1 aromatic rings. The molecule has 3 rings (SSSR count). The predicted molar refractivity (Wildman–Crippen MR) is 85.0 cm³/mol. The second-order valence-corrected chi connectivity index (χ2v) is 5.78. The van der Waals surface area contributed by atoms with Crippen LogP contribution in [0.25, 0.3) is 6.08 Å². The molecular formula is C15H17BrClNO2. The number of piperidine rings is 1. The van der Waals surface area contributed by atoms with Gasteiger partial charge >= 0.3 is 5.97 Å². The lowest BCUT2D eigenvalue weighted by Crippen LogP contribution is -2.23. The van der Waals surface area contributed by atoms with Gasteiger partial charge in [0.15, 0.2) is 0 Å². The van der Waals surface area contributed by atoms with Crippen molar-refractivity contribution < 1.29 is 9.53 Å². The zero-order valence-electron chi connectivity index (χ0n) is 11.1. The van der Waals surface area contributed by atoms with Gasteiger partial charge in [-0.05, 0) is 59.1 Å². The van der Waals surface area contributed by atoms with E-state index in [1.807, 2.05) is 12.1 Å². The molecule has 0 aromatic heterocycles. The molecule has 5 heteroatoms. The average molecular weight is 359 g/mol. The number of benzene rings is 1. The van der Waals surface area contributed by atoms with Crippen molar-refractivity contribution in [1.82, 2.24) is 4.90 Å². The molecule has 20 heavy (non-hydrogen) atoms. The first-order valence-corrected chi connectivity index (χ1v) is 7.46. The lowest BCUT2D eigenvalue weighted by atomic mass is 10.1. The highest BCUT2D eigenvalue weighted by Crippen LogP contribution is 2.31. The van der Waals surface area contributed by atoms with E-state index in [9.17, 15) is 4.79 Å². The molecule has 1 fully saturated rings. The van der Waals surface area contributed by atoms with Gasteiger partial charge in [-0.15, -0.1) is 12.4 Å². The van der Waals surface area contributed by atoms with Crippen LogP contribution in [0.5, 0.6) is 0 Å². The Morgan fingerprint density at radius 1 is 1.20 bits per heavy atom. The van der Waals surface area contributed by atoms with E-state index >= 15 is 0 Å². The number of carbonyl (C=O) groups is 1. The SMILES string of the molecule is Cl.O=C1OCc2c1ccc(/C=C/N1CCCCC1)c2Br. The number of rotatable bonds is 2. The molecule has 3 nitrogen and oxygen atoms in total. The van der Waals surface area contributed by atoms with Crippen LogP contribution in [0.4, 0.5) is 0 Å². The van der Waals surface area contributed by atoms with E-state index in [4.69, 9.17) is 4.74 Å². The third-order valence-corrected chi connectivity index (χ3v) is 4.63. The van der Waals surface area contributed by atoms with Gasteiger partial charge in [0, 0.05) is 23.1 Å². The Bertz CT molecular complexity index is 539. The van der Waals surface area contributed by atoms with Gasteiger partial charge in [-0.2, -0.15) is 0 Å². The number of cyclic esters (lactones) is 1. The normalized spacial score (nSPS) is 17.9. The van der Waals surface area contributed by atoms with Gasteiger partial charge in [-0.1, -0.05) is 6.07 Å². The molecule has 0 bridgehead atoms. The molecule has 0 N–H and O–H groups in total. The van der Waals surface area contributed by atoms with Gasteiger partial charge in [0.1, 0.15) is 6.61 Å². The number of halogens is 2. The maximum absolute atomic E-state index is 11.5. The molecule has 2 aliphatic heterocycles. The molecule has 1 aromatic carbocycles. The summed E-state index contributed by atoms with van der Waals surface area (Å²) in [5, 5.41) is 0. The lowest BCUT2D eigenvalue weighted by Gasteiger charge is -2.24. The average Bonchev–Trinajstić information content (AvgIpc) is 2.82. The van der Waals surface area contributed by atoms with Crippen molar-refractivity contribution in [2.24, 2.45) is 0 Å². The van der Waals surface area contributed by atoms with E-state index in [1.54, 1.807) is 0 Å². The summed E-state index contributed by atoms with van der Waals surface area (Å²) in [6, 6.07) is 3.82. The van der Waals surface area contributed by atoms with Crippen molar-refractivity contribution >= 4 is 40.4 Å². The van der Waals surface area contributed by atoms with E-state index in [-0.39, 0.29) is 18.4 Å². The summed E-state index contributed by atoms with van der Waals surface area (Å²) >= 11 is 3.58. The van der Waals surface area contributed by atoms with Crippen LogP contribution in [-0.2, 0) is 11.3 Å². The van der Waals surface area contributed by atoms with Crippen LogP contribution in [0.3, 0.4) is 0 Å². The largest absolute Gasteiger partial charge is 0.457 e. The number of esters is 1. The molecule has 1 saturated heterocycles. The van der Waals surface area contributed by atoms with Crippen molar-refractivity contribution in [3.05, 3.63) is 39.5 Å². The van der Waals surface area contributed by atoms with Crippen molar-refractivity contribution in [1.29, 1.82) is 0 Å². The summed E-state index contributed by atoms with van der Waals surface area (Å²) in [6.45, 7) is 2.65. The zero-order valence-corrected chi connectivity index (χ0v) is 13.5. The molecule has 0 aliphatic carbocycles. The number of carbonyl (C=O) groups excluding carboxylic acids is 1. The fraction of sp³-hybridized carbons (Fsp3) is 0.400. The molecule has 0 unspecified atom stereocenters. The molecule has 0 amide bonds. The summed E-state index contributed by atoms with van der Waals surface area (Å²) in [5.74, 6) is -0.220. The highest BCUT2D eigenvalue weighted by Gasteiger charge is 2.24. The highest BCUT2D eigenvalue weighted by molar-refractivity contribution is 9.10. The van der Waals surface area contributed by atoms with Gasteiger partial charge in [0.2, 0.25) is 0 Å². The van der Waals surface area contributed by atoms with E-state index < -0.39 is 0 Å². The van der Waals surface area contributed by atoms with Crippen LogP contribution in [0.15, 0.2) is 22.8 Å². The summed E-state index contributed by atoms with van der Waals surface area (Å²) in [7, 11) is 0. The van der Waals surface area contributed by atoms with E-state index in [2.05, 4.69) is 33.1 Å². The quantitative estimate of drug-likeness (QED) is 0.749. The monoisotopic (exact) mass is 357 g/mol. The third kappa shape index (κ3) is 3.01. The van der Waals surface area contributed by atoms with Crippen LogP contribution in [0.1, 0.15) is 40.7 Å². The molecule has 108 valence electrons. The first-order valence-electron chi connectivity index (χ1n) is 6.66. The molecule has 2 heterocycles. The first kappa shape index (κ1) is 15.4. The van der Waals surface area contributed by atoms with Crippen LogP contribution in [0.2, 0.25) is 0 Å². The molecule has 2 aliphatic rings. The topological polar surface area (TPSA) is 29.5 Å². The molecule has 0 saturated carbocycles. The van der Waals surface area contributed by atoms with E-state index in [0.717, 1.165) is 28.7 Å². The highest BCUT2D eigenvalue weighted by atomic mass is 79.9. The minimum Gasteiger partial charge on any atom is -0.457 e. The minimum absolute atomic E-state index is 0. The number of nitrogens with zero attached hydrogens (tertiary/aromatic N) is 1. The Hall–Kier alpha value is -1.00. The van der Waals surface area contributed by atoms with Crippen molar-refractivity contribution in [2.75, 3.05) is 13.1 Å². The predicted octanol–water partition coefficient (Wildman–Crippen LogP) is 4.00. The van der Waals surface area contributed by atoms with Crippen molar-refractivity contribution in [2.45, 2.75) is 25.9 Å². The molecule has 0 radical (unpaired) electrons. The summed E-state index contributed by atoms with van der Waals surface area (Å²) < 4.78 is 6.03. The van der Waals surface area contributed by atoms with Crippen LogP contribution < -0.4 is 0 Å². The smallest absolute Gasteiger partial charge is 0.338 e. The second kappa shape index (κ2) is 6.64. The Morgan fingerprint density at radius 2 is 1.95 bits per heavy atom. The molecular weight excluding hydrogens is 342 g/mol. The standard InChI is InChI=1S/C15H16BrNO2.ClH/c16-14-11(6-9-17-7-2-1-3-8-17)4-5-12-13(14)10-19-15(12)18;/h4-6,9H,1-3,7-8,10H2;1H/b9-6+;. The number of hydrogen-bond donors (Lipinski definition) is 0. The number of fused-ring (bicyclic) bond motifs is 1. The number of ether oxygens (including phenoxy) is 1. The Morgan fingerprint density at radius 3 is 2.70 bits per heavy atom. The fourth-order valence-electron chi connectivity index (χ4n) is 2.57. The summed E-state index contributed by atoms with van der Waals surface area (Å²) in [4.78, 5) is 13.8. The fourth-order valence-corrected chi connectivity index (χ4v) is 3.16. The van der Waals surface area contributed by atoms with E-state index in [0.29, 0.717) is 12.2 Å². The first-order chi connectivity index (χ1) is 9.25. The third-order valence-electron chi connectivity index (χ3n) is 3.70. The molecule has 0 spiro atoms. The number of hydrogen-bond acceptors (Lipinski definition) is 3. The second-order valence-electron chi connectivity index (χ2n) is 4.98. The summed E-state index contributed by atoms with van der Waals surface area (Å²) in [5.41, 5.74) is 2.75. The van der Waals surface area contributed by atoms with Crippen molar-refractivity contribution in [3.8, 4) is 0 Å². The van der Waals surface area contributed by atoms with Crippen LogP contribution in [0, 0.1) is 0 Å². The molecule has 0 atom stereocenters. The van der Waals surface area contributed by atoms with Crippen LogP contribution >= 0.6 is 28.3 Å². The Kier molecular flexibility index (Phi) is 5.11. The van der Waals surface area contributed by atoms with Gasteiger partial charge in [-0.25, -0.2) is 4.79 Å². The Balaban J connectivity index is 0.00000147. The van der Waals surface area contributed by atoms with Crippen molar-refractivity contribution in [3.63, 3.8) is 0 Å². The van der Waals surface area contributed by atoms with Gasteiger partial charge in [0.25, 0.3) is 0 Å². The van der Waals surface area contributed by atoms with Gasteiger partial charge in [-0.3, -0.25) is 0 Å². The number of likely N-dealkylation sites (tertiary alicyclic amines) is 1. The maximum Gasteiger partial charge on any atom is 0.338 e. The Labute approximate surface area is 133 Å². The summed E-state index contributed by atoms with van der Waals surface area (Å²) in [6.07, 6.45) is 8.16. The minimum atomic E-state index is -0.220. The van der Waals surface area contributed by atoms with Gasteiger partial charge < -0.3 is 9.64 Å². The lowest BCUT2D eigenvalue weighted by molar-refractivity contribution is 0.0535. The van der Waals surface area contributed by atoms with E-state index in [1.165, 1.54) is 19.3 Å². The van der Waals surface area contributed by atoms with Gasteiger partial charge in [0.05, 0.1) is 5.56 Å². The zero-order chi connectivity index (χ0) is 13.2. The van der Waals surface area contributed by atoms with Crippen LogP contribution in [-0.4, -0.2) is 24.0 Å². The maximum atomic E-state index is 11.5.